The van der Waals surface area contributed by atoms with Gasteiger partial charge in [0.25, 0.3) is 0 Å². The number of nitrogens with zero attached hydrogens (tertiary/aromatic N) is 1. The fourth-order valence-electron chi connectivity index (χ4n) is 3.24. The smallest absolute Gasteiger partial charge is 0.0869 e. The third kappa shape index (κ3) is 3.11. The Labute approximate surface area is 106 Å². The first-order chi connectivity index (χ1) is 8.12. The summed E-state index contributed by atoms with van der Waals surface area (Å²) in [5, 5.41) is 10.9. The quantitative estimate of drug-likeness (QED) is 0.746. The second kappa shape index (κ2) is 5.53. The summed E-state index contributed by atoms with van der Waals surface area (Å²) in [6.07, 6.45) is 10.2. The summed E-state index contributed by atoms with van der Waals surface area (Å²) in [6, 6.07) is 0.609. The highest BCUT2D eigenvalue weighted by molar-refractivity contribution is 5.19. The highest BCUT2D eigenvalue weighted by Crippen LogP contribution is 2.35. The van der Waals surface area contributed by atoms with Crippen LogP contribution in [0, 0.1) is 0 Å². The van der Waals surface area contributed by atoms with E-state index in [0.29, 0.717) is 6.04 Å². The summed E-state index contributed by atoms with van der Waals surface area (Å²) in [5.74, 6) is 0. The molecular formula is C15H27NO. The maximum atomic E-state index is 10.9. The third-order valence-electron chi connectivity index (χ3n) is 4.47. The van der Waals surface area contributed by atoms with Gasteiger partial charge in [-0.05, 0) is 70.9 Å². The summed E-state index contributed by atoms with van der Waals surface area (Å²) in [6.45, 7) is 6.70. The molecule has 0 spiro atoms. The minimum absolute atomic E-state index is 0.482. The van der Waals surface area contributed by atoms with Crippen molar-refractivity contribution in [3.63, 3.8) is 0 Å². The monoisotopic (exact) mass is 237 g/mol. The lowest BCUT2D eigenvalue weighted by molar-refractivity contribution is 0.0561. The molecule has 0 amide bonds. The van der Waals surface area contributed by atoms with Crippen LogP contribution in [0.3, 0.4) is 0 Å². The van der Waals surface area contributed by atoms with E-state index in [1.807, 2.05) is 0 Å². The fraction of sp³-hybridized carbons (Fsp3) is 0.867. The summed E-state index contributed by atoms with van der Waals surface area (Å²) in [5.41, 5.74) is 0.860. The van der Waals surface area contributed by atoms with Crippen LogP contribution in [0.4, 0.5) is 0 Å². The van der Waals surface area contributed by atoms with Crippen LogP contribution >= 0.6 is 0 Å². The standard InChI is InChI=1S/C15H27NO/c1-13(2)16-11-6-9-15(17,10-12-16)14-7-4-3-5-8-14/h7,13,17H,3-6,8-12H2,1-2H3. The van der Waals surface area contributed by atoms with Crippen LogP contribution in [0.2, 0.25) is 0 Å². The molecule has 0 bridgehead atoms. The van der Waals surface area contributed by atoms with Crippen molar-refractivity contribution in [1.82, 2.24) is 4.90 Å². The van der Waals surface area contributed by atoms with Gasteiger partial charge >= 0.3 is 0 Å². The highest BCUT2D eigenvalue weighted by atomic mass is 16.3. The lowest BCUT2D eigenvalue weighted by atomic mass is 9.81. The van der Waals surface area contributed by atoms with E-state index in [-0.39, 0.29) is 0 Å². The Hall–Kier alpha value is -0.340. The van der Waals surface area contributed by atoms with Gasteiger partial charge < -0.3 is 10.0 Å². The van der Waals surface area contributed by atoms with E-state index < -0.39 is 5.60 Å². The molecule has 0 radical (unpaired) electrons. The Morgan fingerprint density at radius 2 is 2.00 bits per heavy atom. The lowest BCUT2D eigenvalue weighted by Gasteiger charge is -2.32. The van der Waals surface area contributed by atoms with E-state index in [4.69, 9.17) is 0 Å². The average molecular weight is 237 g/mol. The molecule has 0 aromatic carbocycles. The van der Waals surface area contributed by atoms with Crippen molar-refractivity contribution in [2.75, 3.05) is 13.1 Å². The maximum Gasteiger partial charge on any atom is 0.0869 e. The molecular weight excluding hydrogens is 210 g/mol. The lowest BCUT2D eigenvalue weighted by Crippen LogP contribution is -2.35. The topological polar surface area (TPSA) is 23.5 Å². The Kier molecular flexibility index (Phi) is 4.26. The molecule has 1 heterocycles. The van der Waals surface area contributed by atoms with E-state index in [1.165, 1.54) is 24.8 Å². The molecule has 98 valence electrons. The largest absolute Gasteiger partial charge is 0.385 e. The first kappa shape index (κ1) is 13.1. The van der Waals surface area contributed by atoms with Gasteiger partial charge in [0.15, 0.2) is 0 Å². The molecule has 17 heavy (non-hydrogen) atoms. The molecule has 0 saturated carbocycles. The predicted octanol–water partition coefficient (Wildman–Crippen LogP) is 3.11. The summed E-state index contributed by atoms with van der Waals surface area (Å²) in [4.78, 5) is 2.50. The molecule has 1 fully saturated rings. The van der Waals surface area contributed by atoms with Crippen LogP contribution in [0.1, 0.15) is 58.8 Å². The van der Waals surface area contributed by atoms with Crippen LogP contribution < -0.4 is 0 Å². The zero-order valence-electron chi connectivity index (χ0n) is 11.4. The molecule has 1 unspecified atom stereocenters. The van der Waals surface area contributed by atoms with E-state index in [0.717, 1.165) is 38.8 Å². The third-order valence-corrected chi connectivity index (χ3v) is 4.47. The summed E-state index contributed by atoms with van der Waals surface area (Å²) >= 11 is 0. The minimum Gasteiger partial charge on any atom is -0.385 e. The molecule has 1 atom stereocenters. The molecule has 1 N–H and O–H groups in total. The number of likely N-dealkylation sites (tertiary alicyclic amines) is 1. The van der Waals surface area contributed by atoms with Crippen LogP contribution in [0.25, 0.3) is 0 Å². The van der Waals surface area contributed by atoms with Crippen LogP contribution in [-0.2, 0) is 0 Å². The minimum atomic E-state index is -0.482. The van der Waals surface area contributed by atoms with Crippen molar-refractivity contribution < 1.29 is 5.11 Å². The van der Waals surface area contributed by atoms with Crippen LogP contribution in [0.5, 0.6) is 0 Å². The van der Waals surface area contributed by atoms with Gasteiger partial charge in [-0.25, -0.2) is 0 Å². The first-order valence-electron chi connectivity index (χ1n) is 7.28. The number of hydrogen-bond acceptors (Lipinski definition) is 2. The Morgan fingerprint density at radius 3 is 2.65 bits per heavy atom. The second-order valence-electron chi connectivity index (χ2n) is 5.99. The Morgan fingerprint density at radius 1 is 1.18 bits per heavy atom. The number of hydrogen-bond donors (Lipinski definition) is 1. The van der Waals surface area contributed by atoms with Gasteiger partial charge in [-0.1, -0.05) is 6.08 Å². The van der Waals surface area contributed by atoms with Gasteiger partial charge in [-0.2, -0.15) is 0 Å². The molecule has 2 aliphatic rings. The molecule has 1 aliphatic carbocycles. The van der Waals surface area contributed by atoms with E-state index in [2.05, 4.69) is 24.8 Å². The van der Waals surface area contributed by atoms with Crippen molar-refractivity contribution >= 4 is 0 Å². The van der Waals surface area contributed by atoms with Gasteiger partial charge in [0.05, 0.1) is 5.60 Å². The van der Waals surface area contributed by atoms with Crippen molar-refractivity contribution in [3.05, 3.63) is 11.6 Å². The van der Waals surface area contributed by atoms with Gasteiger partial charge in [0.2, 0.25) is 0 Å². The Balaban J connectivity index is 2.03. The summed E-state index contributed by atoms with van der Waals surface area (Å²) in [7, 11) is 0. The van der Waals surface area contributed by atoms with Crippen molar-refractivity contribution in [1.29, 1.82) is 0 Å². The number of allylic oxidation sites excluding steroid dienone is 1. The van der Waals surface area contributed by atoms with Gasteiger partial charge in [0.1, 0.15) is 0 Å². The summed E-state index contributed by atoms with van der Waals surface area (Å²) < 4.78 is 0. The zero-order chi connectivity index (χ0) is 12.3. The maximum absolute atomic E-state index is 10.9. The van der Waals surface area contributed by atoms with Gasteiger partial charge in [0, 0.05) is 12.6 Å². The molecule has 2 heteroatoms. The molecule has 0 aromatic rings. The average Bonchev–Trinajstić information content (AvgIpc) is 2.54. The van der Waals surface area contributed by atoms with E-state index in [9.17, 15) is 5.11 Å². The molecule has 1 aliphatic heterocycles. The fourth-order valence-corrected chi connectivity index (χ4v) is 3.24. The van der Waals surface area contributed by atoms with E-state index in [1.54, 1.807) is 0 Å². The SMILES string of the molecule is CC(C)N1CCCC(O)(C2=CCCCC2)CC1. The number of aliphatic hydroxyl groups is 1. The molecule has 1 saturated heterocycles. The Bertz CT molecular complexity index is 285. The van der Waals surface area contributed by atoms with Crippen LogP contribution in [0.15, 0.2) is 11.6 Å². The predicted molar refractivity (Wildman–Crippen MR) is 72.1 cm³/mol. The van der Waals surface area contributed by atoms with Crippen molar-refractivity contribution in [2.24, 2.45) is 0 Å². The molecule has 0 aromatic heterocycles. The van der Waals surface area contributed by atoms with Crippen molar-refractivity contribution in [2.45, 2.75) is 70.4 Å². The molecule has 2 nitrogen and oxygen atoms in total. The van der Waals surface area contributed by atoms with Crippen molar-refractivity contribution in [3.8, 4) is 0 Å². The highest BCUT2D eigenvalue weighted by Gasteiger charge is 2.34. The number of rotatable bonds is 2. The zero-order valence-corrected chi connectivity index (χ0v) is 11.4. The van der Waals surface area contributed by atoms with Gasteiger partial charge in [-0.3, -0.25) is 0 Å². The molecule has 2 rings (SSSR count). The van der Waals surface area contributed by atoms with Crippen LogP contribution in [-0.4, -0.2) is 34.7 Å². The van der Waals surface area contributed by atoms with E-state index >= 15 is 0 Å². The second-order valence-corrected chi connectivity index (χ2v) is 5.99. The normalized spacial score (nSPS) is 32.4. The first-order valence-corrected chi connectivity index (χ1v) is 7.28. The van der Waals surface area contributed by atoms with Gasteiger partial charge in [-0.15, -0.1) is 0 Å².